The number of nitriles is 1. The van der Waals surface area contributed by atoms with Crippen LogP contribution in [0.1, 0.15) is 12.8 Å². The van der Waals surface area contributed by atoms with E-state index in [1.54, 1.807) is 0 Å². The maximum atomic E-state index is 8.22. The van der Waals surface area contributed by atoms with Gasteiger partial charge in [0, 0.05) is 6.54 Å². The summed E-state index contributed by atoms with van der Waals surface area (Å²) in [6, 6.07) is 2.12. The number of nitrogens with zero attached hydrogens (tertiary/aromatic N) is 2. The zero-order valence-electron chi connectivity index (χ0n) is 4.09. The first-order chi connectivity index (χ1) is 3.43. The number of hydrogen-bond donors (Lipinski definition) is 0. The van der Waals surface area contributed by atoms with Crippen LogP contribution in [0.2, 0.25) is 0 Å². The normalized spacial score (nSPS) is 29.9. The van der Waals surface area contributed by atoms with Crippen LogP contribution in [0.3, 0.4) is 0 Å². The van der Waals surface area contributed by atoms with E-state index in [2.05, 4.69) is 11.4 Å². The zero-order chi connectivity index (χ0) is 5.11. The van der Waals surface area contributed by atoms with E-state index >= 15 is 0 Å². The molecule has 0 aromatic rings. The summed E-state index contributed by atoms with van der Waals surface area (Å²) < 4.78 is 0. The largest absolute Gasteiger partial charge is 0.223 e. The van der Waals surface area contributed by atoms with Crippen LogP contribution in [0.5, 0.6) is 0 Å². The lowest BCUT2D eigenvalue weighted by Gasteiger charge is -1.88. The van der Waals surface area contributed by atoms with Gasteiger partial charge in [-0.05, 0) is 12.8 Å². The van der Waals surface area contributed by atoms with Crippen molar-refractivity contribution in [3.63, 3.8) is 0 Å². The maximum Gasteiger partial charge on any atom is 0.111 e. The molecule has 0 saturated carbocycles. The van der Waals surface area contributed by atoms with Crippen LogP contribution in [0, 0.1) is 11.3 Å². The van der Waals surface area contributed by atoms with Gasteiger partial charge in [0.05, 0.1) is 6.07 Å². The van der Waals surface area contributed by atoms with Gasteiger partial charge in [-0.25, -0.2) is 5.32 Å². The highest BCUT2D eigenvalue weighted by Gasteiger charge is 2.12. The molecule has 0 amide bonds. The number of rotatable bonds is 0. The molecule has 1 aliphatic heterocycles. The number of hydrogen-bond acceptors (Lipinski definition) is 1. The monoisotopic (exact) mass is 95.1 g/mol. The second kappa shape index (κ2) is 1.94. The fraction of sp³-hybridized carbons (Fsp3) is 0.800. The van der Waals surface area contributed by atoms with Gasteiger partial charge in [0.15, 0.2) is 0 Å². The highest BCUT2D eigenvalue weighted by molar-refractivity contribution is 4.92. The maximum absolute atomic E-state index is 8.22. The Morgan fingerprint density at radius 2 is 2.57 bits per heavy atom. The molecule has 0 aromatic heterocycles. The summed E-state index contributed by atoms with van der Waals surface area (Å²) in [4.78, 5) is 0. The summed E-state index contributed by atoms with van der Waals surface area (Å²) in [5.41, 5.74) is 0. The molecule has 0 aliphatic carbocycles. The fourth-order valence-corrected chi connectivity index (χ4v) is 0.728. The van der Waals surface area contributed by atoms with Crippen LogP contribution >= 0.6 is 0 Å². The Labute approximate surface area is 43.1 Å². The Hall–Kier alpha value is -0.550. The van der Waals surface area contributed by atoms with Crippen molar-refractivity contribution < 1.29 is 0 Å². The van der Waals surface area contributed by atoms with Crippen LogP contribution in [0.25, 0.3) is 0 Å². The third-order valence-corrected chi connectivity index (χ3v) is 1.13. The molecular weight excluding hydrogens is 88.1 g/mol. The van der Waals surface area contributed by atoms with Gasteiger partial charge in [-0.2, -0.15) is 5.26 Å². The van der Waals surface area contributed by atoms with E-state index in [-0.39, 0.29) is 6.04 Å². The second-order valence-electron chi connectivity index (χ2n) is 1.69. The molecule has 7 heavy (non-hydrogen) atoms. The van der Waals surface area contributed by atoms with Gasteiger partial charge >= 0.3 is 0 Å². The third kappa shape index (κ3) is 0.908. The lowest BCUT2D eigenvalue weighted by atomic mass is 10.2. The average Bonchev–Trinajstić information content (AvgIpc) is 2.14. The van der Waals surface area contributed by atoms with Crippen molar-refractivity contribution in [1.82, 2.24) is 5.32 Å². The lowest BCUT2D eigenvalue weighted by molar-refractivity contribution is 0.725. The SMILES string of the molecule is N#C[C@@H]1CCC[N]1. The minimum absolute atomic E-state index is 0.0278. The summed E-state index contributed by atoms with van der Waals surface area (Å²) in [7, 11) is 0. The van der Waals surface area contributed by atoms with Crippen molar-refractivity contribution in [1.29, 1.82) is 5.26 Å². The van der Waals surface area contributed by atoms with Crippen LogP contribution in [0.4, 0.5) is 0 Å². The van der Waals surface area contributed by atoms with Crippen molar-refractivity contribution in [3.8, 4) is 6.07 Å². The molecule has 37 valence electrons. The summed E-state index contributed by atoms with van der Waals surface area (Å²) in [6.45, 7) is 0.901. The van der Waals surface area contributed by atoms with Crippen LogP contribution < -0.4 is 5.32 Å². The fourth-order valence-electron chi connectivity index (χ4n) is 0.728. The van der Waals surface area contributed by atoms with Crippen molar-refractivity contribution in [2.45, 2.75) is 18.9 Å². The van der Waals surface area contributed by atoms with E-state index in [1.807, 2.05) is 0 Å². The Morgan fingerprint density at radius 3 is 2.86 bits per heavy atom. The first kappa shape index (κ1) is 4.61. The van der Waals surface area contributed by atoms with Crippen LogP contribution in [-0.4, -0.2) is 12.6 Å². The van der Waals surface area contributed by atoms with Gasteiger partial charge in [0.2, 0.25) is 0 Å². The molecule has 0 spiro atoms. The molecule has 0 bridgehead atoms. The minimum Gasteiger partial charge on any atom is -0.223 e. The van der Waals surface area contributed by atoms with E-state index in [1.165, 1.54) is 0 Å². The first-order valence-corrected chi connectivity index (χ1v) is 2.49. The summed E-state index contributed by atoms with van der Waals surface area (Å²) in [6.07, 6.45) is 2.09. The van der Waals surface area contributed by atoms with Crippen molar-refractivity contribution in [2.75, 3.05) is 6.54 Å². The van der Waals surface area contributed by atoms with Gasteiger partial charge in [0.25, 0.3) is 0 Å². The Kier molecular flexibility index (Phi) is 1.28. The molecule has 1 heterocycles. The Balaban J connectivity index is 2.31. The molecule has 0 N–H and O–H groups in total. The highest BCUT2D eigenvalue weighted by atomic mass is 14.9. The van der Waals surface area contributed by atoms with Crippen molar-refractivity contribution >= 4 is 0 Å². The first-order valence-electron chi connectivity index (χ1n) is 2.49. The van der Waals surface area contributed by atoms with Crippen molar-refractivity contribution in [3.05, 3.63) is 0 Å². The topological polar surface area (TPSA) is 37.9 Å². The van der Waals surface area contributed by atoms with Crippen LogP contribution in [-0.2, 0) is 0 Å². The zero-order valence-corrected chi connectivity index (χ0v) is 4.09. The van der Waals surface area contributed by atoms with Crippen LogP contribution in [0.15, 0.2) is 0 Å². The molecule has 1 saturated heterocycles. The van der Waals surface area contributed by atoms with Gasteiger partial charge in [-0.3, -0.25) is 0 Å². The smallest absolute Gasteiger partial charge is 0.111 e. The quantitative estimate of drug-likeness (QED) is 0.425. The van der Waals surface area contributed by atoms with E-state index in [0.717, 1.165) is 19.4 Å². The molecule has 1 aliphatic rings. The average molecular weight is 95.1 g/mol. The molecule has 0 aromatic carbocycles. The molecule has 1 atom stereocenters. The summed E-state index contributed by atoms with van der Waals surface area (Å²) >= 11 is 0. The van der Waals surface area contributed by atoms with Crippen molar-refractivity contribution in [2.24, 2.45) is 0 Å². The molecule has 1 rings (SSSR count). The second-order valence-corrected chi connectivity index (χ2v) is 1.69. The van der Waals surface area contributed by atoms with E-state index in [4.69, 9.17) is 5.26 Å². The predicted molar refractivity (Wildman–Crippen MR) is 25.6 cm³/mol. The van der Waals surface area contributed by atoms with Gasteiger partial charge in [-0.15, -0.1) is 0 Å². The highest BCUT2D eigenvalue weighted by Crippen LogP contribution is 2.03. The Morgan fingerprint density at radius 1 is 1.71 bits per heavy atom. The molecule has 2 heteroatoms. The standard InChI is InChI=1S/C5H7N2/c6-4-5-2-1-3-7-5/h5H,1-3H2/t5-/m0/s1. The molecule has 0 unspecified atom stereocenters. The van der Waals surface area contributed by atoms with Gasteiger partial charge in [0.1, 0.15) is 6.04 Å². The third-order valence-electron chi connectivity index (χ3n) is 1.13. The van der Waals surface area contributed by atoms with E-state index in [9.17, 15) is 0 Å². The Bertz CT molecular complexity index is 86.7. The molecular formula is C5H7N2. The summed E-state index contributed by atoms with van der Waals surface area (Å²) in [5.74, 6) is 0. The van der Waals surface area contributed by atoms with Gasteiger partial charge in [-0.1, -0.05) is 0 Å². The van der Waals surface area contributed by atoms with E-state index in [0.29, 0.717) is 0 Å². The van der Waals surface area contributed by atoms with E-state index < -0.39 is 0 Å². The molecule has 2 nitrogen and oxygen atoms in total. The molecule has 1 fully saturated rings. The summed E-state index contributed by atoms with van der Waals surface area (Å²) in [5, 5.41) is 12.2. The minimum atomic E-state index is 0.0278. The molecule has 1 radical (unpaired) electrons. The lowest BCUT2D eigenvalue weighted by Crippen LogP contribution is -2.09. The van der Waals surface area contributed by atoms with Gasteiger partial charge < -0.3 is 0 Å². The predicted octanol–water partition coefficient (Wildman–Crippen LogP) is 0.277.